The van der Waals surface area contributed by atoms with Gasteiger partial charge in [0.2, 0.25) is 5.95 Å². The van der Waals surface area contributed by atoms with Gasteiger partial charge in [0.05, 0.1) is 6.20 Å². The van der Waals surface area contributed by atoms with E-state index in [1.807, 2.05) is 6.20 Å². The molecule has 0 spiro atoms. The number of rotatable bonds is 1. The van der Waals surface area contributed by atoms with Gasteiger partial charge in [-0.25, -0.2) is 4.98 Å². The van der Waals surface area contributed by atoms with Crippen molar-refractivity contribution in [3.63, 3.8) is 0 Å². The lowest BCUT2D eigenvalue weighted by atomic mass is 10.3. The maximum Gasteiger partial charge on any atom is 0.205 e. The first-order valence-corrected chi connectivity index (χ1v) is 5.10. The van der Waals surface area contributed by atoms with E-state index in [2.05, 4.69) is 40.4 Å². The van der Waals surface area contributed by atoms with E-state index in [0.29, 0.717) is 0 Å². The van der Waals surface area contributed by atoms with Gasteiger partial charge in [0.25, 0.3) is 0 Å². The summed E-state index contributed by atoms with van der Waals surface area (Å²) in [6.07, 6.45) is 1.94. The number of nitrogens with zero attached hydrogens (tertiary/aromatic N) is 4. The van der Waals surface area contributed by atoms with Crippen LogP contribution in [0.25, 0.3) is 0 Å². The van der Waals surface area contributed by atoms with Gasteiger partial charge in [0.15, 0.2) is 0 Å². The van der Waals surface area contributed by atoms with Gasteiger partial charge < -0.3 is 14.4 Å². The molecule has 0 bridgehead atoms. The number of likely N-dealkylation sites (N-methyl/N-ethyl adjacent to an activating group) is 1. The van der Waals surface area contributed by atoms with Crippen LogP contribution >= 0.6 is 0 Å². The second kappa shape index (κ2) is 3.61. The molecule has 2 heterocycles. The summed E-state index contributed by atoms with van der Waals surface area (Å²) < 4.78 is 2.16. The van der Waals surface area contributed by atoms with E-state index in [-0.39, 0.29) is 0 Å². The molecule has 14 heavy (non-hydrogen) atoms. The second-order valence-electron chi connectivity index (χ2n) is 4.05. The fraction of sp³-hybridized carbons (Fsp3) is 0.700. The highest BCUT2D eigenvalue weighted by Gasteiger charge is 2.17. The van der Waals surface area contributed by atoms with E-state index in [4.69, 9.17) is 0 Å². The molecule has 1 saturated heterocycles. The van der Waals surface area contributed by atoms with Crippen LogP contribution in [0.3, 0.4) is 0 Å². The summed E-state index contributed by atoms with van der Waals surface area (Å²) in [5, 5.41) is 0. The third-order valence-corrected chi connectivity index (χ3v) is 2.98. The SMILES string of the molecule is Cc1cnc(N2CCN(C)CC2)n1C. The molecule has 0 N–H and O–H groups in total. The molecule has 0 aliphatic carbocycles. The van der Waals surface area contributed by atoms with Crippen molar-refractivity contribution >= 4 is 5.95 Å². The number of hydrogen-bond acceptors (Lipinski definition) is 3. The molecule has 0 saturated carbocycles. The van der Waals surface area contributed by atoms with Crippen LogP contribution in [0.4, 0.5) is 5.95 Å². The third kappa shape index (κ3) is 1.62. The van der Waals surface area contributed by atoms with E-state index in [1.54, 1.807) is 0 Å². The average molecular weight is 194 g/mol. The van der Waals surface area contributed by atoms with Crippen molar-refractivity contribution in [2.24, 2.45) is 7.05 Å². The molecule has 0 atom stereocenters. The standard InChI is InChI=1S/C10H18N4/c1-9-8-11-10(13(9)3)14-6-4-12(2)5-7-14/h8H,4-7H2,1-3H3. The molecule has 78 valence electrons. The number of imidazole rings is 1. The van der Waals surface area contributed by atoms with E-state index >= 15 is 0 Å². The Morgan fingerprint density at radius 2 is 1.79 bits per heavy atom. The molecule has 4 nitrogen and oxygen atoms in total. The van der Waals surface area contributed by atoms with E-state index < -0.39 is 0 Å². The first kappa shape index (κ1) is 9.52. The molecule has 0 aromatic carbocycles. The van der Waals surface area contributed by atoms with E-state index in [0.717, 1.165) is 32.1 Å². The van der Waals surface area contributed by atoms with Crippen LogP contribution in [0.2, 0.25) is 0 Å². The van der Waals surface area contributed by atoms with Crippen molar-refractivity contribution in [1.29, 1.82) is 0 Å². The van der Waals surface area contributed by atoms with Crippen LogP contribution in [0, 0.1) is 6.92 Å². The Morgan fingerprint density at radius 3 is 2.29 bits per heavy atom. The Kier molecular flexibility index (Phi) is 2.46. The van der Waals surface area contributed by atoms with Crippen LogP contribution in [-0.2, 0) is 7.05 Å². The molecule has 4 heteroatoms. The van der Waals surface area contributed by atoms with Gasteiger partial charge in [0.1, 0.15) is 0 Å². The summed E-state index contributed by atoms with van der Waals surface area (Å²) in [6, 6.07) is 0. The molecule has 1 aromatic heterocycles. The summed E-state index contributed by atoms with van der Waals surface area (Å²) in [4.78, 5) is 9.14. The lowest BCUT2D eigenvalue weighted by molar-refractivity contribution is 0.310. The lowest BCUT2D eigenvalue weighted by Crippen LogP contribution is -2.45. The summed E-state index contributed by atoms with van der Waals surface area (Å²) in [7, 11) is 4.25. The molecule has 0 unspecified atom stereocenters. The predicted octanol–water partition coefficient (Wildman–Crippen LogP) is 0.480. The maximum absolute atomic E-state index is 4.43. The first-order valence-electron chi connectivity index (χ1n) is 5.10. The highest BCUT2D eigenvalue weighted by Crippen LogP contribution is 2.14. The molecule has 2 rings (SSSR count). The Balaban J connectivity index is 2.12. The van der Waals surface area contributed by atoms with Gasteiger partial charge >= 0.3 is 0 Å². The monoisotopic (exact) mass is 194 g/mol. The third-order valence-electron chi connectivity index (χ3n) is 2.98. The minimum atomic E-state index is 1.08. The molecule has 1 aliphatic rings. The smallest absolute Gasteiger partial charge is 0.205 e. The Labute approximate surface area is 85.1 Å². The van der Waals surface area contributed by atoms with E-state index in [1.165, 1.54) is 5.69 Å². The topological polar surface area (TPSA) is 24.3 Å². The van der Waals surface area contributed by atoms with Crippen molar-refractivity contribution in [2.75, 3.05) is 38.1 Å². The Hall–Kier alpha value is -1.03. The van der Waals surface area contributed by atoms with Crippen molar-refractivity contribution in [1.82, 2.24) is 14.5 Å². The molecule has 0 radical (unpaired) electrons. The first-order chi connectivity index (χ1) is 6.68. The summed E-state index contributed by atoms with van der Waals surface area (Å²) in [5.74, 6) is 1.11. The highest BCUT2D eigenvalue weighted by molar-refractivity contribution is 5.33. The zero-order valence-corrected chi connectivity index (χ0v) is 9.19. The average Bonchev–Trinajstić information content (AvgIpc) is 2.50. The fourth-order valence-electron chi connectivity index (χ4n) is 1.78. The minimum absolute atomic E-state index is 1.08. The van der Waals surface area contributed by atoms with Gasteiger partial charge in [-0.15, -0.1) is 0 Å². The highest BCUT2D eigenvalue weighted by atomic mass is 15.3. The molecule has 0 amide bonds. The van der Waals surface area contributed by atoms with Crippen molar-refractivity contribution in [3.05, 3.63) is 11.9 Å². The van der Waals surface area contributed by atoms with Crippen LogP contribution in [0.15, 0.2) is 6.20 Å². The maximum atomic E-state index is 4.43. The lowest BCUT2D eigenvalue weighted by Gasteiger charge is -2.33. The second-order valence-corrected chi connectivity index (χ2v) is 4.05. The summed E-state index contributed by atoms with van der Waals surface area (Å²) in [6.45, 7) is 6.52. The van der Waals surface area contributed by atoms with Crippen molar-refractivity contribution < 1.29 is 0 Å². The van der Waals surface area contributed by atoms with Crippen LogP contribution in [0.1, 0.15) is 5.69 Å². The van der Waals surface area contributed by atoms with Gasteiger partial charge in [-0.05, 0) is 14.0 Å². The molecule has 1 aromatic rings. The number of aromatic nitrogens is 2. The molecular weight excluding hydrogens is 176 g/mol. The molecular formula is C10H18N4. The predicted molar refractivity (Wildman–Crippen MR) is 57.7 cm³/mol. The van der Waals surface area contributed by atoms with Gasteiger partial charge in [-0.2, -0.15) is 0 Å². The van der Waals surface area contributed by atoms with Crippen molar-refractivity contribution in [2.45, 2.75) is 6.92 Å². The summed E-state index contributed by atoms with van der Waals surface area (Å²) >= 11 is 0. The molecule has 1 aliphatic heterocycles. The fourth-order valence-corrected chi connectivity index (χ4v) is 1.78. The number of aryl methyl sites for hydroxylation is 1. The number of piperazine rings is 1. The van der Waals surface area contributed by atoms with Gasteiger partial charge in [-0.1, -0.05) is 0 Å². The van der Waals surface area contributed by atoms with Crippen LogP contribution < -0.4 is 4.90 Å². The largest absolute Gasteiger partial charge is 0.340 e. The Morgan fingerprint density at radius 1 is 1.14 bits per heavy atom. The number of anilines is 1. The normalized spacial score (nSPS) is 18.9. The van der Waals surface area contributed by atoms with Crippen LogP contribution in [-0.4, -0.2) is 47.7 Å². The van der Waals surface area contributed by atoms with Gasteiger partial charge in [-0.3, -0.25) is 0 Å². The van der Waals surface area contributed by atoms with Crippen molar-refractivity contribution in [3.8, 4) is 0 Å². The van der Waals surface area contributed by atoms with E-state index in [9.17, 15) is 0 Å². The Bertz CT molecular complexity index is 310. The quantitative estimate of drug-likeness (QED) is 0.650. The minimum Gasteiger partial charge on any atom is -0.340 e. The number of hydrogen-bond donors (Lipinski definition) is 0. The summed E-state index contributed by atoms with van der Waals surface area (Å²) in [5.41, 5.74) is 1.22. The van der Waals surface area contributed by atoms with Crippen LogP contribution in [0.5, 0.6) is 0 Å². The zero-order valence-electron chi connectivity index (χ0n) is 9.19. The zero-order chi connectivity index (χ0) is 10.1. The van der Waals surface area contributed by atoms with Gasteiger partial charge in [0, 0.05) is 38.9 Å². The molecule has 1 fully saturated rings.